The van der Waals surface area contributed by atoms with Gasteiger partial charge in [-0.3, -0.25) is 0 Å². The van der Waals surface area contributed by atoms with Crippen molar-refractivity contribution in [2.24, 2.45) is 11.8 Å². The fraction of sp³-hybridized carbons (Fsp3) is 0.750. The highest BCUT2D eigenvalue weighted by Gasteiger charge is 2.22. The molecule has 2 heteroatoms. The van der Waals surface area contributed by atoms with Crippen LogP contribution >= 0.6 is 0 Å². The highest BCUT2D eigenvalue weighted by atomic mass is 16.5. The molecule has 0 rings (SSSR count). The summed E-state index contributed by atoms with van der Waals surface area (Å²) in [4.78, 5) is 11.5. The second kappa shape index (κ2) is 5.84. The van der Waals surface area contributed by atoms with Gasteiger partial charge >= 0.3 is 5.97 Å². The third-order valence-corrected chi connectivity index (χ3v) is 2.27. The molecule has 0 N–H and O–H groups in total. The van der Waals surface area contributed by atoms with E-state index in [1.807, 2.05) is 6.92 Å². The van der Waals surface area contributed by atoms with Crippen LogP contribution in [0.4, 0.5) is 0 Å². The van der Waals surface area contributed by atoms with Gasteiger partial charge in [0.05, 0.1) is 0 Å². The minimum absolute atomic E-state index is 0.00852. The van der Waals surface area contributed by atoms with Gasteiger partial charge in [0.25, 0.3) is 0 Å². The van der Waals surface area contributed by atoms with Crippen LogP contribution in [-0.2, 0) is 9.53 Å². The molecular weight excluding hydrogens is 176 g/mol. The zero-order chi connectivity index (χ0) is 11.3. The van der Waals surface area contributed by atoms with Crippen LogP contribution in [0.1, 0.15) is 41.0 Å². The average Bonchev–Trinajstić information content (AvgIpc) is 2.11. The summed E-state index contributed by atoms with van der Waals surface area (Å²) in [6.07, 6.45) is 0.646. The molecule has 0 aromatic heterocycles. The lowest BCUT2D eigenvalue weighted by atomic mass is 9.96. The molecule has 0 aromatic rings. The van der Waals surface area contributed by atoms with Gasteiger partial charge in [-0.1, -0.05) is 41.2 Å². The third kappa shape index (κ3) is 3.95. The van der Waals surface area contributed by atoms with E-state index in [-0.39, 0.29) is 12.1 Å². The van der Waals surface area contributed by atoms with Crippen molar-refractivity contribution in [2.75, 3.05) is 0 Å². The molecule has 0 bridgehead atoms. The predicted molar refractivity (Wildman–Crippen MR) is 59.0 cm³/mol. The molecule has 0 amide bonds. The zero-order valence-electron chi connectivity index (χ0n) is 9.96. The topological polar surface area (TPSA) is 26.3 Å². The maximum absolute atomic E-state index is 11.5. The van der Waals surface area contributed by atoms with Crippen molar-refractivity contribution in [3.05, 3.63) is 12.2 Å². The maximum atomic E-state index is 11.5. The van der Waals surface area contributed by atoms with Crippen molar-refractivity contribution in [1.29, 1.82) is 0 Å². The molecule has 0 fully saturated rings. The fourth-order valence-corrected chi connectivity index (χ4v) is 1.39. The van der Waals surface area contributed by atoms with Crippen molar-refractivity contribution in [2.45, 2.75) is 47.1 Å². The molecule has 0 radical (unpaired) electrons. The smallest absolute Gasteiger partial charge is 0.333 e. The van der Waals surface area contributed by atoms with E-state index in [4.69, 9.17) is 4.74 Å². The first-order valence-corrected chi connectivity index (χ1v) is 5.28. The van der Waals surface area contributed by atoms with Gasteiger partial charge < -0.3 is 4.74 Å². The molecule has 0 aromatic carbocycles. The Kier molecular flexibility index (Phi) is 5.51. The number of esters is 1. The molecule has 0 saturated heterocycles. The van der Waals surface area contributed by atoms with Gasteiger partial charge in [0, 0.05) is 5.57 Å². The van der Waals surface area contributed by atoms with Gasteiger partial charge in [-0.2, -0.15) is 0 Å². The Balaban J connectivity index is 4.31. The second-order valence-electron chi connectivity index (χ2n) is 4.32. The molecule has 0 unspecified atom stereocenters. The molecular formula is C12H22O2. The minimum atomic E-state index is -0.250. The summed E-state index contributed by atoms with van der Waals surface area (Å²) < 4.78 is 5.39. The Morgan fingerprint density at radius 3 is 1.93 bits per heavy atom. The lowest BCUT2D eigenvalue weighted by Gasteiger charge is -2.25. The van der Waals surface area contributed by atoms with Gasteiger partial charge in [0.2, 0.25) is 0 Å². The summed E-state index contributed by atoms with van der Waals surface area (Å²) in [5.41, 5.74) is 0.552. The molecule has 0 aliphatic rings. The summed E-state index contributed by atoms with van der Waals surface area (Å²) in [5.74, 6) is 0.451. The number of hydrogen-bond acceptors (Lipinski definition) is 2. The van der Waals surface area contributed by atoms with Crippen molar-refractivity contribution >= 4 is 5.97 Å². The molecule has 82 valence electrons. The molecule has 2 nitrogen and oxygen atoms in total. The molecule has 0 atom stereocenters. The Hall–Kier alpha value is -0.790. The second-order valence-corrected chi connectivity index (χ2v) is 4.32. The van der Waals surface area contributed by atoms with Crippen LogP contribution in [0.25, 0.3) is 0 Å². The van der Waals surface area contributed by atoms with E-state index in [1.54, 1.807) is 0 Å². The molecule has 14 heavy (non-hydrogen) atoms. The van der Waals surface area contributed by atoms with Crippen molar-refractivity contribution < 1.29 is 9.53 Å². The third-order valence-electron chi connectivity index (χ3n) is 2.27. The van der Waals surface area contributed by atoms with E-state index in [0.29, 0.717) is 23.8 Å². The Labute approximate surface area is 87.3 Å². The number of carbonyl (C=O) groups excluding carboxylic acids is 1. The number of hydrogen-bond donors (Lipinski definition) is 0. The Morgan fingerprint density at radius 1 is 1.21 bits per heavy atom. The van der Waals surface area contributed by atoms with Crippen molar-refractivity contribution in [3.8, 4) is 0 Å². The van der Waals surface area contributed by atoms with Crippen LogP contribution in [0.3, 0.4) is 0 Å². The molecule has 0 saturated carbocycles. The first-order chi connectivity index (χ1) is 6.40. The zero-order valence-corrected chi connectivity index (χ0v) is 9.96. The molecule has 0 heterocycles. The quantitative estimate of drug-likeness (QED) is 0.501. The van der Waals surface area contributed by atoms with E-state index < -0.39 is 0 Å². The van der Waals surface area contributed by atoms with E-state index in [1.165, 1.54) is 0 Å². The van der Waals surface area contributed by atoms with Crippen molar-refractivity contribution in [1.82, 2.24) is 0 Å². The van der Waals surface area contributed by atoms with E-state index >= 15 is 0 Å². The summed E-state index contributed by atoms with van der Waals surface area (Å²) in [5, 5.41) is 0. The van der Waals surface area contributed by atoms with E-state index in [0.717, 1.165) is 0 Å². The number of ether oxygens (including phenoxy) is 1. The first-order valence-electron chi connectivity index (χ1n) is 5.28. The van der Waals surface area contributed by atoms with Gasteiger partial charge in [0.1, 0.15) is 6.10 Å². The van der Waals surface area contributed by atoms with Gasteiger partial charge in [0.15, 0.2) is 0 Å². The monoisotopic (exact) mass is 198 g/mol. The normalized spacial score (nSPS) is 11.1. The number of carbonyl (C=O) groups is 1. The highest BCUT2D eigenvalue weighted by Crippen LogP contribution is 2.17. The molecule has 0 spiro atoms. The molecule has 0 aliphatic carbocycles. The Morgan fingerprint density at radius 2 is 1.64 bits per heavy atom. The largest absolute Gasteiger partial charge is 0.458 e. The van der Waals surface area contributed by atoms with Gasteiger partial charge in [-0.15, -0.1) is 0 Å². The van der Waals surface area contributed by atoms with Crippen LogP contribution in [0.5, 0.6) is 0 Å². The van der Waals surface area contributed by atoms with Crippen LogP contribution in [0.2, 0.25) is 0 Å². The van der Waals surface area contributed by atoms with E-state index in [9.17, 15) is 4.79 Å². The lowest BCUT2D eigenvalue weighted by Crippen LogP contribution is -2.29. The predicted octanol–water partition coefficient (Wildman–Crippen LogP) is 3.18. The summed E-state index contributed by atoms with van der Waals surface area (Å²) in [6, 6.07) is 0. The summed E-state index contributed by atoms with van der Waals surface area (Å²) in [7, 11) is 0. The van der Waals surface area contributed by atoms with Crippen LogP contribution in [-0.4, -0.2) is 12.1 Å². The first kappa shape index (κ1) is 13.2. The standard InChI is InChI=1S/C12H22O2/c1-7-10(6)12(13)14-11(8(2)3)9(4)5/h8-9,11H,6-7H2,1-5H3. The average molecular weight is 198 g/mol. The summed E-state index contributed by atoms with van der Waals surface area (Å²) in [6.45, 7) is 13.8. The fourth-order valence-electron chi connectivity index (χ4n) is 1.39. The van der Waals surface area contributed by atoms with Gasteiger partial charge in [-0.05, 0) is 18.3 Å². The lowest BCUT2D eigenvalue weighted by molar-refractivity contribution is -0.149. The number of rotatable bonds is 5. The van der Waals surface area contributed by atoms with Crippen LogP contribution in [0.15, 0.2) is 12.2 Å². The van der Waals surface area contributed by atoms with Gasteiger partial charge in [-0.25, -0.2) is 4.79 Å². The SMILES string of the molecule is C=C(CC)C(=O)OC(C(C)C)C(C)C. The van der Waals surface area contributed by atoms with Crippen LogP contribution in [0, 0.1) is 11.8 Å². The minimum Gasteiger partial charge on any atom is -0.458 e. The molecule has 0 aliphatic heterocycles. The van der Waals surface area contributed by atoms with Crippen molar-refractivity contribution in [3.63, 3.8) is 0 Å². The van der Waals surface area contributed by atoms with E-state index in [2.05, 4.69) is 34.3 Å². The highest BCUT2D eigenvalue weighted by molar-refractivity contribution is 5.87. The maximum Gasteiger partial charge on any atom is 0.333 e. The van der Waals surface area contributed by atoms with Crippen LogP contribution < -0.4 is 0 Å². The Bertz CT molecular complexity index is 196. The summed E-state index contributed by atoms with van der Waals surface area (Å²) >= 11 is 0.